The van der Waals surface area contributed by atoms with Gasteiger partial charge in [-0.3, -0.25) is 4.79 Å². The van der Waals surface area contributed by atoms with E-state index in [2.05, 4.69) is 16.9 Å². The van der Waals surface area contributed by atoms with Gasteiger partial charge in [-0.1, -0.05) is 13.8 Å². The minimum atomic E-state index is -0.109. The standard InChI is InChI=1S/C10H16N2O2/c1-4-7(2)10-11-8(6-14-3)5-9(13)12-10/h5,7H,4,6H2,1-3H3,(H,11,12,13). The molecule has 4 heteroatoms. The molecule has 1 atom stereocenters. The van der Waals surface area contributed by atoms with Crippen LogP contribution in [0.2, 0.25) is 0 Å². The molecule has 4 nitrogen and oxygen atoms in total. The first kappa shape index (κ1) is 10.9. The molecule has 1 aromatic heterocycles. The normalized spacial score (nSPS) is 12.8. The molecule has 1 unspecified atom stereocenters. The van der Waals surface area contributed by atoms with Gasteiger partial charge in [-0.05, 0) is 6.42 Å². The molecule has 14 heavy (non-hydrogen) atoms. The lowest BCUT2D eigenvalue weighted by Crippen LogP contribution is -2.14. The second-order valence-electron chi connectivity index (χ2n) is 3.36. The number of hydrogen-bond donors (Lipinski definition) is 1. The molecule has 0 amide bonds. The molecule has 0 saturated heterocycles. The largest absolute Gasteiger partial charge is 0.378 e. The number of hydrogen-bond acceptors (Lipinski definition) is 3. The maximum absolute atomic E-state index is 11.3. The molecule has 1 aromatic rings. The number of H-pyrrole nitrogens is 1. The summed E-state index contributed by atoms with van der Waals surface area (Å²) in [4.78, 5) is 18.3. The quantitative estimate of drug-likeness (QED) is 0.792. The Kier molecular flexibility index (Phi) is 3.83. The molecule has 0 spiro atoms. The summed E-state index contributed by atoms with van der Waals surface area (Å²) in [5.74, 6) is 1.02. The summed E-state index contributed by atoms with van der Waals surface area (Å²) in [6.07, 6.45) is 0.958. The van der Waals surface area contributed by atoms with E-state index in [1.807, 2.05) is 6.92 Å². The average Bonchev–Trinajstić information content (AvgIpc) is 2.16. The molecule has 0 bridgehead atoms. The first-order chi connectivity index (χ1) is 6.67. The van der Waals surface area contributed by atoms with E-state index in [-0.39, 0.29) is 11.5 Å². The van der Waals surface area contributed by atoms with Crippen molar-refractivity contribution in [2.45, 2.75) is 32.8 Å². The zero-order valence-corrected chi connectivity index (χ0v) is 8.83. The lowest BCUT2D eigenvalue weighted by atomic mass is 10.1. The summed E-state index contributed by atoms with van der Waals surface area (Å²) in [6, 6.07) is 1.47. The first-order valence-corrected chi connectivity index (χ1v) is 4.76. The van der Waals surface area contributed by atoms with E-state index in [1.165, 1.54) is 6.07 Å². The van der Waals surface area contributed by atoms with Crippen molar-refractivity contribution in [1.82, 2.24) is 9.97 Å². The van der Waals surface area contributed by atoms with E-state index in [1.54, 1.807) is 7.11 Å². The van der Waals surface area contributed by atoms with Gasteiger partial charge in [0.1, 0.15) is 5.82 Å². The molecule has 78 valence electrons. The molecule has 0 aliphatic heterocycles. The fourth-order valence-corrected chi connectivity index (χ4v) is 1.18. The molecular formula is C10H16N2O2. The van der Waals surface area contributed by atoms with E-state index in [0.717, 1.165) is 12.2 Å². The summed E-state index contributed by atoms with van der Waals surface area (Å²) in [6.45, 7) is 4.48. The third-order valence-corrected chi connectivity index (χ3v) is 2.18. The summed E-state index contributed by atoms with van der Waals surface area (Å²) in [5.41, 5.74) is 0.578. The van der Waals surface area contributed by atoms with E-state index >= 15 is 0 Å². The number of aromatic nitrogens is 2. The lowest BCUT2D eigenvalue weighted by Gasteiger charge is -2.08. The highest BCUT2D eigenvalue weighted by molar-refractivity contribution is 5.04. The van der Waals surface area contributed by atoms with Crippen LogP contribution in [0.4, 0.5) is 0 Å². The Morgan fingerprint density at radius 1 is 1.64 bits per heavy atom. The molecule has 0 fully saturated rings. The Hall–Kier alpha value is -1.16. The lowest BCUT2D eigenvalue weighted by molar-refractivity contribution is 0.181. The van der Waals surface area contributed by atoms with Gasteiger partial charge < -0.3 is 9.72 Å². The number of nitrogens with one attached hydrogen (secondary N) is 1. The molecular weight excluding hydrogens is 180 g/mol. The zero-order valence-electron chi connectivity index (χ0n) is 8.83. The smallest absolute Gasteiger partial charge is 0.251 e. The summed E-state index contributed by atoms with van der Waals surface area (Å²) in [5, 5.41) is 0. The van der Waals surface area contributed by atoms with Crippen molar-refractivity contribution in [3.05, 3.63) is 27.9 Å². The van der Waals surface area contributed by atoms with Crippen molar-refractivity contribution in [3.8, 4) is 0 Å². The minimum Gasteiger partial charge on any atom is -0.378 e. The van der Waals surface area contributed by atoms with Crippen molar-refractivity contribution in [2.75, 3.05) is 7.11 Å². The van der Waals surface area contributed by atoms with Crippen LogP contribution in [0.5, 0.6) is 0 Å². The number of aromatic amines is 1. The van der Waals surface area contributed by atoms with Gasteiger partial charge in [-0.25, -0.2) is 4.98 Å². The molecule has 1 rings (SSSR count). The van der Waals surface area contributed by atoms with Crippen LogP contribution in [0.1, 0.15) is 37.7 Å². The predicted molar refractivity (Wildman–Crippen MR) is 54.3 cm³/mol. The SMILES string of the molecule is CCC(C)c1nc(COC)cc(=O)[nH]1. The zero-order chi connectivity index (χ0) is 10.6. The summed E-state index contributed by atoms with van der Waals surface area (Å²) in [7, 11) is 1.59. The van der Waals surface area contributed by atoms with Crippen molar-refractivity contribution in [3.63, 3.8) is 0 Å². The van der Waals surface area contributed by atoms with Crippen LogP contribution in [-0.4, -0.2) is 17.1 Å². The van der Waals surface area contributed by atoms with Gasteiger partial charge in [0.15, 0.2) is 0 Å². The number of ether oxygens (including phenoxy) is 1. The highest BCUT2D eigenvalue weighted by atomic mass is 16.5. The van der Waals surface area contributed by atoms with Gasteiger partial charge in [0, 0.05) is 19.1 Å². The highest BCUT2D eigenvalue weighted by Crippen LogP contribution is 2.12. The molecule has 0 aliphatic carbocycles. The summed E-state index contributed by atoms with van der Waals surface area (Å²) < 4.78 is 4.94. The summed E-state index contributed by atoms with van der Waals surface area (Å²) >= 11 is 0. The molecule has 1 heterocycles. The van der Waals surface area contributed by atoms with E-state index in [9.17, 15) is 4.79 Å². The maximum Gasteiger partial charge on any atom is 0.251 e. The van der Waals surface area contributed by atoms with Gasteiger partial charge in [0.2, 0.25) is 0 Å². The average molecular weight is 196 g/mol. The van der Waals surface area contributed by atoms with Gasteiger partial charge in [0.25, 0.3) is 5.56 Å². The van der Waals surface area contributed by atoms with Crippen LogP contribution < -0.4 is 5.56 Å². The molecule has 0 radical (unpaired) electrons. The van der Waals surface area contributed by atoms with Crippen LogP contribution in [0, 0.1) is 0 Å². The Labute approximate surface area is 83.3 Å². The Bertz CT molecular complexity index is 346. The highest BCUT2D eigenvalue weighted by Gasteiger charge is 2.07. The van der Waals surface area contributed by atoms with Crippen LogP contribution in [0.3, 0.4) is 0 Å². The number of rotatable bonds is 4. The van der Waals surface area contributed by atoms with Crippen LogP contribution in [-0.2, 0) is 11.3 Å². The minimum absolute atomic E-state index is 0.109. The van der Waals surface area contributed by atoms with Crippen molar-refractivity contribution < 1.29 is 4.74 Å². The molecule has 0 aliphatic rings. The maximum atomic E-state index is 11.3. The van der Waals surface area contributed by atoms with Crippen molar-refractivity contribution in [2.24, 2.45) is 0 Å². The molecule has 0 aromatic carbocycles. The third kappa shape index (κ3) is 2.67. The topological polar surface area (TPSA) is 55.0 Å². The number of methoxy groups -OCH3 is 1. The fraction of sp³-hybridized carbons (Fsp3) is 0.600. The van der Waals surface area contributed by atoms with E-state index < -0.39 is 0 Å². The van der Waals surface area contributed by atoms with Crippen LogP contribution >= 0.6 is 0 Å². The Balaban J connectivity index is 3.00. The van der Waals surface area contributed by atoms with Gasteiger partial charge >= 0.3 is 0 Å². The third-order valence-electron chi connectivity index (χ3n) is 2.18. The fourth-order valence-electron chi connectivity index (χ4n) is 1.18. The van der Waals surface area contributed by atoms with E-state index in [4.69, 9.17) is 4.74 Å². The monoisotopic (exact) mass is 196 g/mol. The van der Waals surface area contributed by atoms with Crippen molar-refractivity contribution >= 4 is 0 Å². The van der Waals surface area contributed by atoms with Gasteiger partial charge in [-0.2, -0.15) is 0 Å². The van der Waals surface area contributed by atoms with E-state index in [0.29, 0.717) is 12.3 Å². The van der Waals surface area contributed by atoms with Crippen molar-refractivity contribution in [1.29, 1.82) is 0 Å². The second-order valence-corrected chi connectivity index (χ2v) is 3.36. The van der Waals surface area contributed by atoms with Crippen LogP contribution in [0.25, 0.3) is 0 Å². The Morgan fingerprint density at radius 2 is 2.36 bits per heavy atom. The first-order valence-electron chi connectivity index (χ1n) is 4.76. The Morgan fingerprint density at radius 3 is 2.93 bits per heavy atom. The molecule has 0 saturated carbocycles. The van der Waals surface area contributed by atoms with Gasteiger partial charge in [0.05, 0.1) is 12.3 Å². The molecule has 1 N–H and O–H groups in total. The second kappa shape index (κ2) is 4.91. The van der Waals surface area contributed by atoms with Crippen LogP contribution in [0.15, 0.2) is 10.9 Å². The number of nitrogens with zero attached hydrogens (tertiary/aromatic N) is 1. The predicted octanol–water partition coefficient (Wildman–Crippen LogP) is 1.43. The van der Waals surface area contributed by atoms with Gasteiger partial charge in [-0.15, -0.1) is 0 Å².